The second-order valence-electron chi connectivity index (χ2n) is 1.15. The van der Waals surface area contributed by atoms with Crippen LogP contribution in [0.2, 0.25) is 0 Å². The standard InChI is InChI=1S/C6H6.Na.H2O.H/c1-2-4-6-5-3-1;;;/h1-6H;;1H2;/q;+1;;-1. The smallest absolute Gasteiger partial charge is 1.00 e. The summed E-state index contributed by atoms with van der Waals surface area (Å²) in [6, 6.07) is 12.0. The molecule has 0 fully saturated rings. The summed E-state index contributed by atoms with van der Waals surface area (Å²) in [5, 5.41) is 0. The van der Waals surface area contributed by atoms with E-state index in [9.17, 15) is 0 Å². The zero-order chi connectivity index (χ0) is 4.24. The molecule has 0 heterocycles. The van der Waals surface area contributed by atoms with E-state index in [1.54, 1.807) is 0 Å². The van der Waals surface area contributed by atoms with E-state index < -0.39 is 0 Å². The van der Waals surface area contributed by atoms with Crippen LogP contribution < -0.4 is 29.6 Å². The van der Waals surface area contributed by atoms with Crippen molar-refractivity contribution in [2.45, 2.75) is 0 Å². The summed E-state index contributed by atoms with van der Waals surface area (Å²) in [4.78, 5) is 0. The molecular weight excluding hydrogens is 111 g/mol. The minimum atomic E-state index is 0. The Morgan fingerprint density at radius 2 is 0.750 bits per heavy atom. The van der Waals surface area contributed by atoms with Gasteiger partial charge in [0.1, 0.15) is 0 Å². The number of rotatable bonds is 0. The van der Waals surface area contributed by atoms with Gasteiger partial charge in [-0.05, 0) is 0 Å². The zero-order valence-electron chi connectivity index (χ0n) is 5.96. The number of benzene rings is 1. The van der Waals surface area contributed by atoms with Crippen molar-refractivity contribution in [3.05, 3.63) is 36.4 Å². The predicted molar refractivity (Wildman–Crippen MR) is 31.2 cm³/mol. The first kappa shape index (κ1) is 11.0. The van der Waals surface area contributed by atoms with E-state index in [0.717, 1.165) is 0 Å². The van der Waals surface area contributed by atoms with E-state index in [1.807, 2.05) is 36.4 Å². The molecule has 0 atom stereocenters. The summed E-state index contributed by atoms with van der Waals surface area (Å²) >= 11 is 0. The first-order valence-electron chi connectivity index (χ1n) is 2.00. The van der Waals surface area contributed by atoms with Crippen molar-refractivity contribution in [3.8, 4) is 0 Å². The fourth-order valence-electron chi connectivity index (χ4n) is 0.385. The maximum atomic E-state index is 2.00. The fraction of sp³-hybridized carbons (Fsp3) is 0. The fourth-order valence-corrected chi connectivity index (χ4v) is 0.385. The van der Waals surface area contributed by atoms with Crippen LogP contribution in [-0.2, 0) is 0 Å². The second-order valence-corrected chi connectivity index (χ2v) is 1.15. The molecule has 2 heteroatoms. The Labute approximate surface area is 72.8 Å². The molecule has 0 aliphatic rings. The van der Waals surface area contributed by atoms with Crippen molar-refractivity contribution in [2.75, 3.05) is 0 Å². The molecule has 0 aromatic heterocycles. The third-order valence-electron chi connectivity index (χ3n) is 0.667. The second kappa shape index (κ2) is 7.18. The summed E-state index contributed by atoms with van der Waals surface area (Å²) in [6.45, 7) is 0. The van der Waals surface area contributed by atoms with Crippen LogP contribution in [0, 0.1) is 0 Å². The summed E-state index contributed by atoms with van der Waals surface area (Å²) in [6.07, 6.45) is 0. The van der Waals surface area contributed by atoms with Gasteiger partial charge in [0.25, 0.3) is 0 Å². The molecule has 0 radical (unpaired) electrons. The molecule has 0 amide bonds. The van der Waals surface area contributed by atoms with E-state index in [1.165, 1.54) is 0 Å². The van der Waals surface area contributed by atoms with E-state index in [0.29, 0.717) is 0 Å². The minimum Gasteiger partial charge on any atom is -1.00 e. The van der Waals surface area contributed by atoms with E-state index in [4.69, 9.17) is 0 Å². The van der Waals surface area contributed by atoms with Gasteiger partial charge in [-0.3, -0.25) is 0 Å². The average Bonchev–Trinajstić information content (AvgIpc) is 1.72. The third-order valence-corrected chi connectivity index (χ3v) is 0.667. The summed E-state index contributed by atoms with van der Waals surface area (Å²) in [5.74, 6) is 0. The zero-order valence-corrected chi connectivity index (χ0v) is 6.96. The van der Waals surface area contributed by atoms with E-state index in [2.05, 4.69) is 0 Å². The number of hydrogen-bond donors (Lipinski definition) is 0. The van der Waals surface area contributed by atoms with Crippen molar-refractivity contribution in [1.82, 2.24) is 0 Å². The van der Waals surface area contributed by atoms with Crippen LogP contribution >= 0.6 is 0 Å². The molecule has 0 aliphatic heterocycles. The van der Waals surface area contributed by atoms with Gasteiger partial charge in [-0.25, -0.2) is 0 Å². The largest absolute Gasteiger partial charge is 1.00 e. The van der Waals surface area contributed by atoms with Gasteiger partial charge in [0.05, 0.1) is 0 Å². The summed E-state index contributed by atoms with van der Waals surface area (Å²) < 4.78 is 0. The van der Waals surface area contributed by atoms with Crippen LogP contribution in [0.4, 0.5) is 0 Å². The molecular formula is C6H9NaO. The topological polar surface area (TPSA) is 31.5 Å². The SMILES string of the molecule is O.[H-].[Na+].c1ccccc1. The Bertz CT molecular complexity index is 85.0. The molecule has 0 saturated heterocycles. The van der Waals surface area contributed by atoms with Gasteiger partial charge in [0.15, 0.2) is 0 Å². The van der Waals surface area contributed by atoms with Crippen LogP contribution in [0.15, 0.2) is 36.4 Å². The maximum Gasteiger partial charge on any atom is 1.00 e. The minimum absolute atomic E-state index is 0. The molecule has 2 N–H and O–H groups in total. The van der Waals surface area contributed by atoms with E-state index in [-0.39, 0.29) is 36.5 Å². The first-order chi connectivity index (χ1) is 3.00. The van der Waals surface area contributed by atoms with Crippen molar-refractivity contribution in [1.29, 1.82) is 0 Å². The monoisotopic (exact) mass is 120 g/mol. The molecule has 1 aromatic carbocycles. The molecule has 0 spiro atoms. The van der Waals surface area contributed by atoms with Crippen LogP contribution in [0.25, 0.3) is 0 Å². The van der Waals surface area contributed by atoms with Crippen LogP contribution in [-0.4, -0.2) is 5.48 Å². The quantitative estimate of drug-likeness (QED) is 0.354. The van der Waals surface area contributed by atoms with Gasteiger partial charge >= 0.3 is 29.6 Å². The van der Waals surface area contributed by atoms with Gasteiger partial charge in [-0.1, -0.05) is 36.4 Å². The first-order valence-corrected chi connectivity index (χ1v) is 2.00. The normalized spacial score (nSPS) is 6.00. The summed E-state index contributed by atoms with van der Waals surface area (Å²) in [7, 11) is 0. The molecule has 1 nitrogen and oxygen atoms in total. The van der Waals surface area contributed by atoms with Gasteiger partial charge in [0.2, 0.25) is 0 Å². The van der Waals surface area contributed by atoms with Gasteiger partial charge < -0.3 is 6.90 Å². The van der Waals surface area contributed by atoms with Gasteiger partial charge in [0, 0.05) is 0 Å². The molecule has 40 valence electrons. The Hall–Kier alpha value is 0.180. The molecule has 1 rings (SSSR count). The predicted octanol–water partition coefficient (Wildman–Crippen LogP) is -2.02. The van der Waals surface area contributed by atoms with E-state index >= 15 is 0 Å². The van der Waals surface area contributed by atoms with Crippen LogP contribution in [0.5, 0.6) is 0 Å². The van der Waals surface area contributed by atoms with Gasteiger partial charge in [-0.2, -0.15) is 0 Å². The Kier molecular flexibility index (Phi) is 9.91. The Morgan fingerprint density at radius 3 is 0.875 bits per heavy atom. The number of hydrogen-bond acceptors (Lipinski definition) is 0. The van der Waals surface area contributed by atoms with Crippen molar-refractivity contribution >= 4 is 0 Å². The van der Waals surface area contributed by atoms with Crippen LogP contribution in [0.1, 0.15) is 1.43 Å². The molecule has 0 aliphatic carbocycles. The molecule has 0 saturated carbocycles. The molecule has 0 bridgehead atoms. The molecule has 1 aromatic rings. The Balaban J connectivity index is -0.000000120. The Morgan fingerprint density at radius 1 is 0.625 bits per heavy atom. The average molecular weight is 120 g/mol. The van der Waals surface area contributed by atoms with Crippen molar-refractivity contribution in [2.24, 2.45) is 0 Å². The summed E-state index contributed by atoms with van der Waals surface area (Å²) in [5.41, 5.74) is 0. The maximum absolute atomic E-state index is 2.00. The molecule has 8 heavy (non-hydrogen) atoms. The molecule has 0 unspecified atom stereocenters. The van der Waals surface area contributed by atoms with Crippen molar-refractivity contribution in [3.63, 3.8) is 0 Å². The third kappa shape index (κ3) is 4.34. The van der Waals surface area contributed by atoms with Crippen molar-refractivity contribution < 1.29 is 36.5 Å². The van der Waals surface area contributed by atoms with Gasteiger partial charge in [-0.15, -0.1) is 0 Å². The van der Waals surface area contributed by atoms with Crippen LogP contribution in [0.3, 0.4) is 0 Å².